The molecule has 1 fully saturated rings. The minimum atomic E-state index is -3.31. The van der Waals surface area contributed by atoms with Gasteiger partial charge in [0, 0.05) is 28.9 Å². The van der Waals surface area contributed by atoms with Gasteiger partial charge in [0.2, 0.25) is 10.0 Å². The highest BCUT2D eigenvalue weighted by Crippen LogP contribution is 2.31. The predicted octanol–water partition coefficient (Wildman–Crippen LogP) is 2.73. The van der Waals surface area contributed by atoms with Crippen LogP contribution in [-0.2, 0) is 16.6 Å². The van der Waals surface area contributed by atoms with Crippen molar-refractivity contribution in [3.05, 3.63) is 15.8 Å². The Balaban J connectivity index is 2.19. The monoisotopic (exact) mass is 316 g/mol. The number of hydrogen-bond donors (Lipinski definition) is 1. The summed E-state index contributed by atoms with van der Waals surface area (Å²) >= 11 is 1.58. The van der Waals surface area contributed by atoms with Crippen LogP contribution in [0.1, 0.15) is 42.9 Å². The number of thiophene rings is 1. The van der Waals surface area contributed by atoms with Gasteiger partial charge < -0.3 is 5.32 Å². The summed E-state index contributed by atoms with van der Waals surface area (Å²) in [7, 11) is -3.31. The second-order valence-corrected chi connectivity index (χ2v) is 8.62. The van der Waals surface area contributed by atoms with Crippen LogP contribution in [0.4, 0.5) is 0 Å². The maximum atomic E-state index is 12.7. The molecule has 1 aliphatic rings. The van der Waals surface area contributed by atoms with Crippen LogP contribution in [0.3, 0.4) is 0 Å². The van der Waals surface area contributed by atoms with Gasteiger partial charge in [-0.2, -0.15) is 4.31 Å². The molecular formula is C14H24N2O2S2. The molecule has 1 aromatic rings. The Hall–Kier alpha value is -0.430. The molecular weight excluding hydrogens is 292 g/mol. The Morgan fingerprint density at radius 1 is 1.50 bits per heavy atom. The molecule has 0 radical (unpaired) electrons. The van der Waals surface area contributed by atoms with Crippen LogP contribution in [0.15, 0.2) is 11.0 Å². The number of rotatable bonds is 6. The van der Waals surface area contributed by atoms with Crippen LogP contribution in [-0.4, -0.2) is 31.9 Å². The summed E-state index contributed by atoms with van der Waals surface area (Å²) in [6, 6.07) is 1.98. The molecule has 1 unspecified atom stereocenters. The van der Waals surface area contributed by atoms with E-state index in [1.165, 1.54) is 0 Å². The lowest BCUT2D eigenvalue weighted by atomic mass is 10.3. The molecule has 1 aromatic heterocycles. The first kappa shape index (κ1) is 15.9. The molecule has 0 aromatic carbocycles. The third-order valence-electron chi connectivity index (χ3n) is 3.73. The van der Waals surface area contributed by atoms with Crippen molar-refractivity contribution in [2.45, 2.75) is 57.5 Å². The van der Waals surface area contributed by atoms with E-state index in [2.05, 4.69) is 12.2 Å². The Labute approximate surface area is 126 Å². The summed E-state index contributed by atoms with van der Waals surface area (Å²) in [4.78, 5) is 2.50. The molecule has 1 aliphatic heterocycles. The summed E-state index contributed by atoms with van der Waals surface area (Å²) in [6.45, 7) is 8.39. The van der Waals surface area contributed by atoms with E-state index >= 15 is 0 Å². The maximum absolute atomic E-state index is 12.7. The van der Waals surface area contributed by atoms with Gasteiger partial charge in [-0.3, -0.25) is 0 Å². The number of nitrogens with one attached hydrogen (secondary N) is 1. The van der Waals surface area contributed by atoms with Gasteiger partial charge in [0.15, 0.2) is 0 Å². The van der Waals surface area contributed by atoms with Crippen LogP contribution in [0.5, 0.6) is 0 Å². The van der Waals surface area contributed by atoms with E-state index in [0.29, 0.717) is 11.4 Å². The van der Waals surface area contributed by atoms with Gasteiger partial charge in [-0.1, -0.05) is 6.92 Å². The number of aryl methyl sites for hydroxylation is 1. The Morgan fingerprint density at radius 2 is 2.25 bits per heavy atom. The molecule has 6 heteroatoms. The smallest absolute Gasteiger partial charge is 0.244 e. The van der Waals surface area contributed by atoms with Crippen LogP contribution in [0.2, 0.25) is 0 Å². The van der Waals surface area contributed by atoms with Gasteiger partial charge in [-0.25, -0.2) is 8.42 Å². The van der Waals surface area contributed by atoms with Crippen molar-refractivity contribution in [1.82, 2.24) is 9.62 Å². The molecule has 0 bridgehead atoms. The number of nitrogens with zero attached hydrogens (tertiary/aromatic N) is 1. The minimum Gasteiger partial charge on any atom is -0.312 e. The Bertz CT molecular complexity index is 552. The van der Waals surface area contributed by atoms with E-state index in [4.69, 9.17) is 0 Å². The summed E-state index contributed by atoms with van der Waals surface area (Å²) in [5.41, 5.74) is 0. The molecule has 114 valence electrons. The van der Waals surface area contributed by atoms with Crippen molar-refractivity contribution >= 4 is 21.4 Å². The van der Waals surface area contributed by atoms with E-state index in [1.807, 2.05) is 19.9 Å². The topological polar surface area (TPSA) is 49.4 Å². The molecule has 20 heavy (non-hydrogen) atoms. The van der Waals surface area contributed by atoms with E-state index in [0.717, 1.165) is 42.1 Å². The standard InChI is InChI=1S/C14H24N2O2S2/c1-4-7-15-10-13-9-14(12(3)19-13)20(17,18)16-8-5-6-11(16)2/h9,11,15H,4-8,10H2,1-3H3. The van der Waals surface area contributed by atoms with Crippen molar-refractivity contribution < 1.29 is 8.42 Å². The van der Waals surface area contributed by atoms with Crippen molar-refractivity contribution in [2.24, 2.45) is 0 Å². The molecule has 0 saturated carbocycles. The lowest BCUT2D eigenvalue weighted by Crippen LogP contribution is -2.33. The second-order valence-electron chi connectivity index (χ2n) is 5.42. The molecule has 4 nitrogen and oxygen atoms in total. The largest absolute Gasteiger partial charge is 0.312 e. The quantitative estimate of drug-likeness (QED) is 0.821. The van der Waals surface area contributed by atoms with Crippen LogP contribution in [0, 0.1) is 6.92 Å². The first-order valence-electron chi connectivity index (χ1n) is 7.28. The molecule has 0 spiro atoms. The molecule has 2 heterocycles. The normalized spacial score (nSPS) is 20.6. The fourth-order valence-corrected chi connectivity index (χ4v) is 5.92. The minimum absolute atomic E-state index is 0.126. The molecule has 1 N–H and O–H groups in total. The Kier molecular flexibility index (Phi) is 5.23. The van der Waals surface area contributed by atoms with Crippen LogP contribution < -0.4 is 5.32 Å². The van der Waals surface area contributed by atoms with Crippen LogP contribution in [0.25, 0.3) is 0 Å². The van der Waals surface area contributed by atoms with E-state index < -0.39 is 10.0 Å². The van der Waals surface area contributed by atoms with E-state index in [9.17, 15) is 8.42 Å². The molecule has 2 rings (SSSR count). The molecule has 0 amide bonds. The zero-order valence-corrected chi connectivity index (χ0v) is 14.1. The summed E-state index contributed by atoms with van der Waals surface area (Å²) in [6.07, 6.45) is 3.02. The first-order chi connectivity index (χ1) is 9.46. The zero-order chi connectivity index (χ0) is 14.8. The number of hydrogen-bond acceptors (Lipinski definition) is 4. The van der Waals surface area contributed by atoms with Gasteiger partial charge in [0.25, 0.3) is 0 Å². The van der Waals surface area contributed by atoms with Gasteiger partial charge >= 0.3 is 0 Å². The van der Waals surface area contributed by atoms with Gasteiger partial charge in [0.05, 0.1) is 4.90 Å². The fourth-order valence-electron chi connectivity index (χ4n) is 2.65. The highest BCUT2D eigenvalue weighted by Gasteiger charge is 2.34. The Morgan fingerprint density at radius 3 is 2.85 bits per heavy atom. The fraction of sp³-hybridized carbons (Fsp3) is 0.714. The van der Waals surface area contributed by atoms with Crippen molar-refractivity contribution in [2.75, 3.05) is 13.1 Å². The van der Waals surface area contributed by atoms with E-state index in [-0.39, 0.29) is 6.04 Å². The zero-order valence-electron chi connectivity index (χ0n) is 12.5. The van der Waals surface area contributed by atoms with Crippen molar-refractivity contribution in [3.8, 4) is 0 Å². The maximum Gasteiger partial charge on any atom is 0.244 e. The highest BCUT2D eigenvalue weighted by molar-refractivity contribution is 7.89. The van der Waals surface area contributed by atoms with Crippen molar-refractivity contribution in [3.63, 3.8) is 0 Å². The van der Waals surface area contributed by atoms with Crippen molar-refractivity contribution in [1.29, 1.82) is 0 Å². The summed E-state index contributed by atoms with van der Waals surface area (Å²) in [5.74, 6) is 0. The first-order valence-corrected chi connectivity index (χ1v) is 9.54. The summed E-state index contributed by atoms with van der Waals surface area (Å²) in [5, 5.41) is 3.32. The average Bonchev–Trinajstić information content (AvgIpc) is 2.96. The number of sulfonamides is 1. The molecule has 1 saturated heterocycles. The average molecular weight is 316 g/mol. The van der Waals surface area contributed by atoms with Gasteiger partial charge in [-0.15, -0.1) is 11.3 Å². The highest BCUT2D eigenvalue weighted by atomic mass is 32.2. The molecule has 1 atom stereocenters. The van der Waals surface area contributed by atoms with Gasteiger partial charge in [0.1, 0.15) is 0 Å². The van der Waals surface area contributed by atoms with Crippen LogP contribution >= 0.6 is 11.3 Å². The lowest BCUT2D eigenvalue weighted by molar-refractivity contribution is 0.408. The predicted molar refractivity (Wildman–Crippen MR) is 83.6 cm³/mol. The molecule has 0 aliphatic carbocycles. The second kappa shape index (κ2) is 6.56. The van der Waals surface area contributed by atoms with Gasteiger partial charge in [-0.05, 0) is 45.7 Å². The third-order valence-corrected chi connectivity index (χ3v) is 7.05. The SMILES string of the molecule is CCCNCc1cc(S(=O)(=O)N2CCCC2C)c(C)s1. The summed E-state index contributed by atoms with van der Waals surface area (Å²) < 4.78 is 27.1. The lowest BCUT2D eigenvalue weighted by Gasteiger charge is -2.20. The van der Waals surface area contributed by atoms with E-state index in [1.54, 1.807) is 15.6 Å². The third kappa shape index (κ3) is 3.24.